The molecule has 1 saturated heterocycles. The number of sulfone groups is 1. The maximum atomic E-state index is 13.1. The SMILES string of the molecule is Cc1cc2c(cc1C1CCN(C)CC1)OC(C)N2c1nc(Nc2ccccc2S(=O)(=O)C(C)C)c2cn[nH]c2n1. The summed E-state index contributed by atoms with van der Waals surface area (Å²) in [5, 5.41) is 10.5. The van der Waals surface area contributed by atoms with Crippen molar-refractivity contribution in [2.45, 2.75) is 62.8 Å². The zero-order valence-electron chi connectivity index (χ0n) is 23.5. The largest absolute Gasteiger partial charge is 0.468 e. The summed E-state index contributed by atoms with van der Waals surface area (Å²) in [4.78, 5) is 14.2. The first-order chi connectivity index (χ1) is 19.1. The highest BCUT2D eigenvalue weighted by Gasteiger charge is 2.34. The third-order valence-electron chi connectivity index (χ3n) is 8.01. The molecule has 0 spiro atoms. The standard InChI is InChI=1S/C29H35N7O3S/c1-17(2)40(37,38)26-9-7-6-8-23(26)31-27-22-16-30-34-28(22)33-29(32-27)36-19(4)39-25-15-21(18(3)14-24(25)36)20-10-12-35(5)13-11-20/h6-9,14-17,19-20H,10-13H2,1-5H3,(H2,30,31,32,33,34). The molecule has 4 aromatic rings. The first-order valence-corrected chi connectivity index (χ1v) is 15.3. The van der Waals surface area contributed by atoms with Gasteiger partial charge in [0.2, 0.25) is 5.95 Å². The van der Waals surface area contributed by atoms with Crippen LogP contribution < -0.4 is 15.0 Å². The number of piperidine rings is 1. The molecule has 10 nitrogen and oxygen atoms in total. The number of fused-ring (bicyclic) bond motifs is 2. The molecule has 0 radical (unpaired) electrons. The van der Waals surface area contributed by atoms with E-state index in [2.05, 4.69) is 46.5 Å². The van der Waals surface area contributed by atoms with Gasteiger partial charge in [-0.15, -0.1) is 0 Å². The van der Waals surface area contributed by atoms with Gasteiger partial charge in [0.25, 0.3) is 0 Å². The van der Waals surface area contributed by atoms with Crippen LogP contribution in [-0.2, 0) is 9.84 Å². The van der Waals surface area contributed by atoms with Crippen molar-refractivity contribution in [1.29, 1.82) is 0 Å². The molecular formula is C29H35N7O3S. The number of aromatic amines is 1. The van der Waals surface area contributed by atoms with Crippen LogP contribution in [0.1, 0.15) is 50.7 Å². The monoisotopic (exact) mass is 561 g/mol. The third kappa shape index (κ3) is 4.56. The summed E-state index contributed by atoms with van der Waals surface area (Å²) in [5.41, 5.74) is 4.47. The molecule has 1 fully saturated rings. The van der Waals surface area contributed by atoms with Gasteiger partial charge in [-0.1, -0.05) is 12.1 Å². The smallest absolute Gasteiger partial charge is 0.237 e. The Kier molecular flexibility index (Phi) is 6.66. The quantitative estimate of drug-likeness (QED) is 0.325. The van der Waals surface area contributed by atoms with Crippen molar-refractivity contribution in [3.8, 4) is 5.75 Å². The Morgan fingerprint density at radius 1 is 1.12 bits per heavy atom. The molecule has 1 unspecified atom stereocenters. The van der Waals surface area contributed by atoms with Gasteiger partial charge in [-0.25, -0.2) is 8.42 Å². The number of nitrogens with zero attached hydrogens (tertiary/aromatic N) is 5. The molecule has 4 heterocycles. The molecule has 1 atom stereocenters. The second-order valence-corrected chi connectivity index (χ2v) is 13.5. The highest BCUT2D eigenvalue weighted by atomic mass is 32.2. The molecule has 0 bridgehead atoms. The van der Waals surface area contributed by atoms with E-state index in [4.69, 9.17) is 14.7 Å². The number of para-hydroxylation sites is 1. The number of hydrogen-bond donors (Lipinski definition) is 2. The summed E-state index contributed by atoms with van der Waals surface area (Å²) >= 11 is 0. The zero-order chi connectivity index (χ0) is 28.2. The minimum absolute atomic E-state index is 0.224. The predicted octanol–water partition coefficient (Wildman–Crippen LogP) is 5.27. The van der Waals surface area contributed by atoms with Crippen molar-refractivity contribution >= 4 is 44.0 Å². The summed E-state index contributed by atoms with van der Waals surface area (Å²) in [7, 11) is -1.35. The third-order valence-corrected chi connectivity index (χ3v) is 10.2. The average molecular weight is 562 g/mol. The van der Waals surface area contributed by atoms with E-state index in [1.54, 1.807) is 44.3 Å². The average Bonchev–Trinajstić information content (AvgIpc) is 3.52. The lowest BCUT2D eigenvalue weighted by Crippen LogP contribution is -2.29. The summed E-state index contributed by atoms with van der Waals surface area (Å²) in [6, 6.07) is 11.2. The van der Waals surface area contributed by atoms with Crippen LogP contribution >= 0.6 is 0 Å². The molecule has 40 heavy (non-hydrogen) atoms. The van der Waals surface area contributed by atoms with Gasteiger partial charge in [-0.05, 0) is 102 Å². The van der Waals surface area contributed by atoms with Crippen molar-refractivity contribution in [2.75, 3.05) is 30.4 Å². The minimum atomic E-state index is -3.53. The molecule has 2 aromatic heterocycles. The van der Waals surface area contributed by atoms with Gasteiger partial charge in [0.05, 0.1) is 33.1 Å². The highest BCUT2D eigenvalue weighted by Crippen LogP contribution is 2.45. The number of likely N-dealkylation sites (tertiary alicyclic amines) is 1. The number of H-pyrrole nitrogens is 1. The lowest BCUT2D eigenvalue weighted by molar-refractivity contribution is 0.249. The van der Waals surface area contributed by atoms with E-state index in [0.29, 0.717) is 34.4 Å². The second kappa shape index (κ2) is 10.0. The van der Waals surface area contributed by atoms with Crippen LogP contribution in [0.15, 0.2) is 47.5 Å². The highest BCUT2D eigenvalue weighted by molar-refractivity contribution is 7.92. The van der Waals surface area contributed by atoms with Crippen LogP contribution in [0.3, 0.4) is 0 Å². The molecule has 11 heteroatoms. The van der Waals surface area contributed by atoms with Gasteiger partial charge in [0.15, 0.2) is 21.7 Å². The van der Waals surface area contributed by atoms with Gasteiger partial charge in [-0.3, -0.25) is 10.00 Å². The minimum Gasteiger partial charge on any atom is -0.468 e. The Bertz CT molecular complexity index is 1680. The fourth-order valence-corrected chi connectivity index (χ4v) is 6.86. The predicted molar refractivity (Wildman–Crippen MR) is 157 cm³/mol. The van der Waals surface area contributed by atoms with Crippen molar-refractivity contribution < 1.29 is 13.2 Å². The maximum Gasteiger partial charge on any atom is 0.237 e. The van der Waals surface area contributed by atoms with Crippen LogP contribution in [0.5, 0.6) is 5.75 Å². The van der Waals surface area contributed by atoms with Crippen molar-refractivity contribution in [3.63, 3.8) is 0 Å². The van der Waals surface area contributed by atoms with E-state index in [0.717, 1.165) is 37.4 Å². The van der Waals surface area contributed by atoms with Crippen LogP contribution in [-0.4, -0.2) is 65.1 Å². The Labute approximate surface area is 234 Å². The van der Waals surface area contributed by atoms with E-state index >= 15 is 0 Å². The maximum absolute atomic E-state index is 13.1. The topological polar surface area (TPSA) is 116 Å². The van der Waals surface area contributed by atoms with Crippen LogP contribution in [0, 0.1) is 6.92 Å². The number of rotatable bonds is 6. The van der Waals surface area contributed by atoms with Gasteiger partial charge in [0, 0.05) is 0 Å². The fourth-order valence-electron chi connectivity index (χ4n) is 5.66. The van der Waals surface area contributed by atoms with E-state index < -0.39 is 15.1 Å². The van der Waals surface area contributed by atoms with Gasteiger partial charge >= 0.3 is 0 Å². The first-order valence-electron chi connectivity index (χ1n) is 13.7. The molecule has 2 aliphatic rings. The summed E-state index contributed by atoms with van der Waals surface area (Å²) in [5.74, 6) is 2.23. The van der Waals surface area contributed by atoms with E-state index in [1.807, 2.05) is 11.8 Å². The molecule has 210 valence electrons. The molecule has 0 amide bonds. The number of hydrogen-bond acceptors (Lipinski definition) is 9. The number of anilines is 4. The second-order valence-electron chi connectivity index (χ2n) is 11.1. The molecule has 2 N–H and O–H groups in total. The fraction of sp³-hybridized carbons (Fsp3) is 0.414. The molecule has 2 aliphatic heterocycles. The summed E-state index contributed by atoms with van der Waals surface area (Å²) in [6.45, 7) is 9.68. The number of aromatic nitrogens is 4. The normalized spacial score (nSPS) is 18.4. The van der Waals surface area contributed by atoms with E-state index in [1.165, 1.54) is 11.1 Å². The Morgan fingerprint density at radius 3 is 2.62 bits per heavy atom. The number of aryl methyl sites for hydroxylation is 1. The Hall–Kier alpha value is -3.70. The molecule has 2 aromatic carbocycles. The number of ether oxygens (including phenoxy) is 1. The number of nitrogens with one attached hydrogen (secondary N) is 2. The van der Waals surface area contributed by atoms with E-state index in [-0.39, 0.29) is 11.1 Å². The zero-order valence-corrected chi connectivity index (χ0v) is 24.3. The molecular weight excluding hydrogens is 526 g/mol. The van der Waals surface area contributed by atoms with Crippen LogP contribution in [0.2, 0.25) is 0 Å². The molecule has 0 saturated carbocycles. The first kappa shape index (κ1) is 26.5. The summed E-state index contributed by atoms with van der Waals surface area (Å²) in [6.07, 6.45) is 3.58. The Balaban J connectivity index is 1.40. The lowest BCUT2D eigenvalue weighted by atomic mass is 9.86. The Morgan fingerprint density at radius 2 is 1.88 bits per heavy atom. The van der Waals surface area contributed by atoms with Crippen molar-refractivity contribution in [1.82, 2.24) is 25.1 Å². The molecule has 0 aliphatic carbocycles. The van der Waals surface area contributed by atoms with Gasteiger partial charge in [-0.2, -0.15) is 15.1 Å². The molecule has 6 rings (SSSR count). The van der Waals surface area contributed by atoms with Crippen LogP contribution in [0.4, 0.5) is 23.1 Å². The van der Waals surface area contributed by atoms with Gasteiger partial charge in [0.1, 0.15) is 11.6 Å². The van der Waals surface area contributed by atoms with Crippen molar-refractivity contribution in [2.24, 2.45) is 0 Å². The van der Waals surface area contributed by atoms with Crippen LogP contribution in [0.25, 0.3) is 11.0 Å². The number of benzene rings is 2. The summed E-state index contributed by atoms with van der Waals surface area (Å²) < 4.78 is 32.5. The van der Waals surface area contributed by atoms with Crippen molar-refractivity contribution in [3.05, 3.63) is 53.7 Å². The van der Waals surface area contributed by atoms with E-state index in [9.17, 15) is 8.42 Å². The van der Waals surface area contributed by atoms with Gasteiger partial charge < -0.3 is 15.0 Å². The lowest BCUT2D eigenvalue weighted by Gasteiger charge is -2.30.